The zero-order valence-corrected chi connectivity index (χ0v) is 21.2. The molecular formula is C24H27BrN2O4S. The predicted octanol–water partition coefficient (Wildman–Crippen LogP) is 6.27. The van der Waals surface area contributed by atoms with Crippen LogP contribution in [-0.4, -0.2) is 42.3 Å². The van der Waals surface area contributed by atoms with Crippen molar-refractivity contribution < 1.29 is 19.0 Å². The van der Waals surface area contributed by atoms with Crippen molar-refractivity contribution >= 4 is 50.5 Å². The highest BCUT2D eigenvalue weighted by Gasteiger charge is 2.32. The molecule has 8 heteroatoms. The number of aliphatic imine (C=N–C) groups is 1. The molecule has 1 aliphatic rings. The number of nitrogens with zero attached hydrogens (tertiary/aromatic N) is 2. The number of hydrogen-bond donors (Lipinski definition) is 0. The van der Waals surface area contributed by atoms with Crippen LogP contribution in [0.4, 0.5) is 5.69 Å². The van der Waals surface area contributed by atoms with Crippen molar-refractivity contribution in [2.75, 3.05) is 20.3 Å². The van der Waals surface area contributed by atoms with Crippen LogP contribution < -0.4 is 14.2 Å². The molecule has 1 aliphatic heterocycles. The fourth-order valence-corrected chi connectivity index (χ4v) is 4.69. The first-order valence-corrected chi connectivity index (χ1v) is 12.0. The molecule has 0 unspecified atom stereocenters. The minimum absolute atomic E-state index is 0.0107. The summed E-state index contributed by atoms with van der Waals surface area (Å²) in [7, 11) is 1.62. The number of hydrogen-bond acceptors (Lipinski definition) is 6. The van der Waals surface area contributed by atoms with Crippen LogP contribution in [0.5, 0.6) is 17.2 Å². The van der Waals surface area contributed by atoms with Crippen LogP contribution in [0.15, 0.2) is 50.8 Å². The molecule has 0 spiro atoms. The van der Waals surface area contributed by atoms with E-state index in [0.717, 1.165) is 21.5 Å². The topological polar surface area (TPSA) is 60.4 Å². The Hall–Kier alpha value is -2.45. The molecule has 1 amide bonds. The molecule has 3 rings (SSSR count). The molecule has 1 fully saturated rings. The largest absolute Gasteiger partial charge is 0.497 e. The molecule has 170 valence electrons. The van der Waals surface area contributed by atoms with E-state index in [1.807, 2.05) is 70.2 Å². The Balaban J connectivity index is 1.94. The van der Waals surface area contributed by atoms with Crippen LogP contribution in [0, 0.1) is 0 Å². The van der Waals surface area contributed by atoms with E-state index in [9.17, 15) is 4.79 Å². The number of ether oxygens (including phenoxy) is 3. The molecular weight excluding hydrogens is 492 g/mol. The second kappa shape index (κ2) is 10.9. The van der Waals surface area contributed by atoms with Gasteiger partial charge in [-0.05, 0) is 103 Å². The Morgan fingerprint density at radius 3 is 2.50 bits per heavy atom. The van der Waals surface area contributed by atoms with E-state index >= 15 is 0 Å². The third-order valence-corrected chi connectivity index (χ3v) is 6.08. The van der Waals surface area contributed by atoms with Crippen LogP contribution >= 0.6 is 27.7 Å². The van der Waals surface area contributed by atoms with Crippen LogP contribution in [0.3, 0.4) is 0 Å². The van der Waals surface area contributed by atoms with Crippen molar-refractivity contribution in [3.63, 3.8) is 0 Å². The molecule has 0 aromatic heterocycles. The summed E-state index contributed by atoms with van der Waals surface area (Å²) in [4.78, 5) is 20.0. The fourth-order valence-electron chi connectivity index (χ4n) is 3.07. The number of rotatable bonds is 8. The maximum Gasteiger partial charge on any atom is 0.266 e. The molecule has 0 saturated carbocycles. The molecule has 1 saturated heterocycles. The van der Waals surface area contributed by atoms with Crippen molar-refractivity contribution in [1.82, 2.24) is 4.90 Å². The monoisotopic (exact) mass is 518 g/mol. The Bertz CT molecular complexity index is 1040. The standard InChI is InChI=1S/C24H27BrN2O4S/c1-6-27-23(28)21(32-24(27)26-17-8-10-18(29-5)11-9-17)14-16-12-19(25)22(31-15(3)4)20(13-16)30-7-2/h8-15H,6-7H2,1-5H3/b21-14+,26-24?. The number of methoxy groups -OCH3 is 1. The number of amidine groups is 1. The summed E-state index contributed by atoms with van der Waals surface area (Å²) in [6, 6.07) is 11.2. The van der Waals surface area contributed by atoms with Crippen LogP contribution in [-0.2, 0) is 4.79 Å². The zero-order chi connectivity index (χ0) is 23.3. The zero-order valence-electron chi connectivity index (χ0n) is 18.8. The smallest absolute Gasteiger partial charge is 0.266 e. The lowest BCUT2D eigenvalue weighted by Crippen LogP contribution is -2.28. The number of thioether (sulfide) groups is 1. The first-order valence-electron chi connectivity index (χ1n) is 10.4. The van der Waals surface area contributed by atoms with Gasteiger partial charge in [0.15, 0.2) is 16.7 Å². The molecule has 0 radical (unpaired) electrons. The van der Waals surface area contributed by atoms with E-state index in [1.54, 1.807) is 12.0 Å². The molecule has 32 heavy (non-hydrogen) atoms. The number of carbonyl (C=O) groups excluding carboxylic acids is 1. The van der Waals surface area contributed by atoms with Crippen molar-refractivity contribution in [3.8, 4) is 17.2 Å². The van der Waals surface area contributed by atoms with Gasteiger partial charge in [0, 0.05) is 6.54 Å². The predicted molar refractivity (Wildman–Crippen MR) is 134 cm³/mol. The first-order chi connectivity index (χ1) is 15.4. The quantitative estimate of drug-likeness (QED) is 0.385. The molecule has 0 bridgehead atoms. The van der Waals surface area contributed by atoms with E-state index in [4.69, 9.17) is 14.2 Å². The molecule has 2 aromatic rings. The van der Waals surface area contributed by atoms with E-state index in [0.29, 0.717) is 34.7 Å². The molecule has 1 heterocycles. The number of carbonyl (C=O) groups is 1. The minimum atomic E-state index is -0.0682. The lowest BCUT2D eigenvalue weighted by atomic mass is 10.1. The summed E-state index contributed by atoms with van der Waals surface area (Å²) < 4.78 is 17.7. The van der Waals surface area contributed by atoms with Crippen LogP contribution in [0.25, 0.3) is 6.08 Å². The maximum absolute atomic E-state index is 13.0. The summed E-state index contributed by atoms with van der Waals surface area (Å²) in [5, 5.41) is 0.651. The second-order valence-corrected chi connectivity index (χ2v) is 9.05. The van der Waals surface area contributed by atoms with E-state index in [2.05, 4.69) is 20.9 Å². The first kappa shape index (κ1) is 24.2. The van der Waals surface area contributed by atoms with E-state index < -0.39 is 0 Å². The Kier molecular flexibility index (Phi) is 8.26. The minimum Gasteiger partial charge on any atom is -0.497 e. The van der Waals surface area contributed by atoms with E-state index in [1.165, 1.54) is 11.8 Å². The maximum atomic E-state index is 13.0. The van der Waals surface area contributed by atoms with Crippen LogP contribution in [0.2, 0.25) is 0 Å². The third kappa shape index (κ3) is 5.66. The summed E-state index contributed by atoms with van der Waals surface area (Å²) in [6.07, 6.45) is 1.87. The van der Waals surface area contributed by atoms with Gasteiger partial charge in [-0.15, -0.1) is 0 Å². The van der Waals surface area contributed by atoms with Gasteiger partial charge in [-0.2, -0.15) is 0 Å². The van der Waals surface area contributed by atoms with Gasteiger partial charge >= 0.3 is 0 Å². The van der Waals surface area contributed by atoms with Crippen molar-refractivity contribution in [2.45, 2.75) is 33.8 Å². The molecule has 0 atom stereocenters. The number of benzene rings is 2. The van der Waals surface area contributed by atoms with E-state index in [-0.39, 0.29) is 12.0 Å². The number of likely N-dealkylation sites (N-methyl/N-ethyl adjacent to an activating group) is 1. The van der Waals surface area contributed by atoms with Gasteiger partial charge in [0.25, 0.3) is 5.91 Å². The normalized spacial score (nSPS) is 16.3. The summed E-state index contributed by atoms with van der Waals surface area (Å²) in [6.45, 7) is 8.84. The Morgan fingerprint density at radius 1 is 1.19 bits per heavy atom. The summed E-state index contributed by atoms with van der Waals surface area (Å²) in [5.74, 6) is 1.99. The molecule has 6 nitrogen and oxygen atoms in total. The Labute approximate surface area is 201 Å². The second-order valence-electron chi connectivity index (χ2n) is 7.18. The van der Waals surface area contributed by atoms with Gasteiger partial charge in [0.05, 0.1) is 34.9 Å². The average molecular weight is 519 g/mol. The lowest BCUT2D eigenvalue weighted by Gasteiger charge is -2.17. The number of amides is 1. The Morgan fingerprint density at radius 2 is 1.91 bits per heavy atom. The highest BCUT2D eigenvalue weighted by Crippen LogP contribution is 2.40. The van der Waals surface area contributed by atoms with Crippen molar-refractivity contribution in [3.05, 3.63) is 51.3 Å². The fraction of sp³-hybridized carbons (Fsp3) is 0.333. The van der Waals surface area contributed by atoms with Gasteiger partial charge in [0.2, 0.25) is 0 Å². The number of halogens is 1. The van der Waals surface area contributed by atoms with Crippen LogP contribution in [0.1, 0.15) is 33.3 Å². The van der Waals surface area contributed by atoms with Gasteiger partial charge in [-0.3, -0.25) is 9.69 Å². The molecule has 0 aliphatic carbocycles. The molecule has 0 N–H and O–H groups in total. The lowest BCUT2D eigenvalue weighted by molar-refractivity contribution is -0.122. The average Bonchev–Trinajstić information content (AvgIpc) is 3.05. The highest BCUT2D eigenvalue weighted by atomic mass is 79.9. The van der Waals surface area contributed by atoms with Crippen molar-refractivity contribution in [1.29, 1.82) is 0 Å². The molecule has 2 aromatic carbocycles. The highest BCUT2D eigenvalue weighted by molar-refractivity contribution is 9.10. The van der Waals surface area contributed by atoms with Crippen molar-refractivity contribution in [2.24, 2.45) is 4.99 Å². The SMILES string of the molecule is CCOc1cc(/C=C2/SC(=Nc3ccc(OC)cc3)N(CC)C2=O)cc(Br)c1OC(C)C. The van der Waals surface area contributed by atoms with Gasteiger partial charge in [-0.1, -0.05) is 0 Å². The summed E-state index contributed by atoms with van der Waals surface area (Å²) >= 11 is 4.94. The van der Waals surface area contributed by atoms with Gasteiger partial charge < -0.3 is 14.2 Å². The van der Waals surface area contributed by atoms with Gasteiger partial charge in [0.1, 0.15) is 5.75 Å². The van der Waals surface area contributed by atoms with Gasteiger partial charge in [-0.25, -0.2) is 4.99 Å². The third-order valence-electron chi connectivity index (χ3n) is 4.48. The summed E-state index contributed by atoms with van der Waals surface area (Å²) in [5.41, 5.74) is 1.60.